The van der Waals surface area contributed by atoms with E-state index >= 15 is 0 Å². The van der Waals surface area contributed by atoms with Gasteiger partial charge in [-0.3, -0.25) is 9.48 Å². The largest absolute Gasteiger partial charge is 0.391 e. The number of rotatable bonds is 5. The molecule has 0 saturated carbocycles. The molecule has 1 unspecified atom stereocenters. The van der Waals surface area contributed by atoms with E-state index in [0.29, 0.717) is 5.69 Å². The van der Waals surface area contributed by atoms with E-state index in [-0.39, 0.29) is 18.4 Å². The van der Waals surface area contributed by atoms with Crippen LogP contribution in [-0.2, 0) is 13.5 Å². The second kappa shape index (κ2) is 5.82. The first-order valence-corrected chi connectivity index (χ1v) is 5.94. The van der Waals surface area contributed by atoms with E-state index in [2.05, 4.69) is 10.4 Å². The highest BCUT2D eigenvalue weighted by atomic mass is 16.3. The van der Waals surface area contributed by atoms with Gasteiger partial charge in [-0.25, -0.2) is 0 Å². The Labute approximate surface area is 102 Å². The summed E-state index contributed by atoms with van der Waals surface area (Å²) in [4.78, 5) is 11.8. The van der Waals surface area contributed by atoms with Crippen molar-refractivity contribution in [3.63, 3.8) is 0 Å². The number of hydrogen-bond donors (Lipinski definition) is 2. The van der Waals surface area contributed by atoms with Gasteiger partial charge in [-0.05, 0) is 18.4 Å². The van der Waals surface area contributed by atoms with Crippen LogP contribution in [0.2, 0.25) is 0 Å². The molecule has 1 heterocycles. The van der Waals surface area contributed by atoms with Gasteiger partial charge in [0.15, 0.2) is 0 Å². The van der Waals surface area contributed by atoms with Crippen molar-refractivity contribution in [1.29, 1.82) is 0 Å². The van der Waals surface area contributed by atoms with Crippen molar-refractivity contribution in [2.24, 2.45) is 13.0 Å². The van der Waals surface area contributed by atoms with Crippen LogP contribution in [0.1, 0.15) is 37.0 Å². The maximum absolute atomic E-state index is 11.8. The van der Waals surface area contributed by atoms with Gasteiger partial charge in [-0.15, -0.1) is 0 Å². The van der Waals surface area contributed by atoms with E-state index in [0.717, 1.165) is 12.1 Å². The zero-order valence-electron chi connectivity index (χ0n) is 10.9. The molecule has 0 saturated heterocycles. The molecule has 1 rings (SSSR count). The molecule has 0 radical (unpaired) electrons. The summed E-state index contributed by atoms with van der Waals surface area (Å²) in [5.74, 6) is -0.0626. The summed E-state index contributed by atoms with van der Waals surface area (Å²) in [7, 11) is 1.74. The molecule has 96 valence electrons. The lowest BCUT2D eigenvalue weighted by atomic mass is 10.1. The molecule has 0 aliphatic carbocycles. The Morgan fingerprint density at radius 1 is 1.59 bits per heavy atom. The molecular formula is C12H21N3O2. The van der Waals surface area contributed by atoms with Crippen LogP contribution in [0.3, 0.4) is 0 Å². The number of nitrogens with zero attached hydrogens (tertiary/aromatic N) is 2. The molecular weight excluding hydrogens is 218 g/mol. The van der Waals surface area contributed by atoms with Gasteiger partial charge in [0, 0.05) is 13.6 Å². The molecule has 5 heteroatoms. The van der Waals surface area contributed by atoms with Crippen molar-refractivity contribution >= 4 is 5.91 Å². The molecule has 1 atom stereocenters. The highest BCUT2D eigenvalue weighted by Gasteiger charge is 2.15. The quantitative estimate of drug-likeness (QED) is 0.796. The number of aliphatic hydroxyl groups excluding tert-OH is 1. The predicted octanol–water partition coefficient (Wildman–Crippen LogP) is 0.729. The van der Waals surface area contributed by atoms with E-state index < -0.39 is 6.10 Å². The first-order valence-electron chi connectivity index (χ1n) is 5.94. The van der Waals surface area contributed by atoms with Gasteiger partial charge in [0.25, 0.3) is 5.91 Å². The van der Waals surface area contributed by atoms with Gasteiger partial charge < -0.3 is 10.4 Å². The first kappa shape index (κ1) is 13.7. The third-order valence-corrected chi connectivity index (χ3v) is 2.77. The molecule has 0 aromatic carbocycles. The molecule has 0 bridgehead atoms. The van der Waals surface area contributed by atoms with Crippen LogP contribution in [0.15, 0.2) is 6.07 Å². The molecule has 17 heavy (non-hydrogen) atoms. The average Bonchev–Trinajstić information content (AvgIpc) is 2.66. The summed E-state index contributed by atoms with van der Waals surface area (Å²) < 4.78 is 1.57. The fraction of sp³-hybridized carbons (Fsp3) is 0.667. The van der Waals surface area contributed by atoms with Crippen LogP contribution >= 0.6 is 0 Å². The van der Waals surface area contributed by atoms with E-state index in [1.807, 2.05) is 20.8 Å². The lowest BCUT2D eigenvalue weighted by Crippen LogP contribution is -2.35. The van der Waals surface area contributed by atoms with Gasteiger partial charge in [0.05, 0.1) is 11.8 Å². The average molecular weight is 239 g/mol. The van der Waals surface area contributed by atoms with Crippen molar-refractivity contribution < 1.29 is 9.90 Å². The van der Waals surface area contributed by atoms with Gasteiger partial charge in [0.2, 0.25) is 0 Å². The van der Waals surface area contributed by atoms with Crippen LogP contribution in [0, 0.1) is 5.92 Å². The Hall–Kier alpha value is -1.36. The maximum Gasteiger partial charge on any atom is 0.269 e. The lowest BCUT2D eigenvalue weighted by molar-refractivity contribution is 0.0863. The molecule has 0 spiro atoms. The highest BCUT2D eigenvalue weighted by Crippen LogP contribution is 2.04. The first-order chi connectivity index (χ1) is 7.95. The molecule has 1 amide bonds. The van der Waals surface area contributed by atoms with Crippen molar-refractivity contribution in [2.45, 2.75) is 33.3 Å². The van der Waals surface area contributed by atoms with Crippen molar-refractivity contribution in [3.05, 3.63) is 17.5 Å². The maximum atomic E-state index is 11.8. The molecule has 0 fully saturated rings. The molecule has 0 aliphatic heterocycles. The van der Waals surface area contributed by atoms with Crippen LogP contribution in [0.5, 0.6) is 0 Å². The summed E-state index contributed by atoms with van der Waals surface area (Å²) >= 11 is 0. The predicted molar refractivity (Wildman–Crippen MR) is 65.8 cm³/mol. The van der Waals surface area contributed by atoms with Gasteiger partial charge in [-0.2, -0.15) is 5.10 Å². The van der Waals surface area contributed by atoms with Crippen molar-refractivity contribution in [3.8, 4) is 0 Å². The van der Waals surface area contributed by atoms with Crippen LogP contribution in [0.25, 0.3) is 0 Å². The van der Waals surface area contributed by atoms with Crippen molar-refractivity contribution in [1.82, 2.24) is 15.1 Å². The minimum Gasteiger partial charge on any atom is -0.391 e. The Kier molecular flexibility index (Phi) is 4.69. The summed E-state index contributed by atoms with van der Waals surface area (Å²) in [6, 6.07) is 1.77. The minimum absolute atomic E-state index is 0.132. The standard InChI is InChI=1S/C12H21N3O2/c1-5-9-6-10(15(4)14-9)12(17)13-7-11(16)8(2)3/h6,8,11,16H,5,7H2,1-4H3,(H,13,17). The monoisotopic (exact) mass is 239 g/mol. The topological polar surface area (TPSA) is 67.2 Å². The van der Waals surface area contributed by atoms with E-state index in [1.54, 1.807) is 17.8 Å². The SMILES string of the molecule is CCc1cc(C(=O)NCC(O)C(C)C)n(C)n1. The number of hydrogen-bond acceptors (Lipinski definition) is 3. The summed E-state index contributed by atoms with van der Waals surface area (Å²) in [5, 5.41) is 16.5. The Morgan fingerprint density at radius 2 is 2.24 bits per heavy atom. The van der Waals surface area contributed by atoms with E-state index in [1.165, 1.54) is 0 Å². The van der Waals surface area contributed by atoms with Crippen LogP contribution in [0.4, 0.5) is 0 Å². The van der Waals surface area contributed by atoms with E-state index in [9.17, 15) is 9.90 Å². The molecule has 0 aliphatic rings. The van der Waals surface area contributed by atoms with E-state index in [4.69, 9.17) is 0 Å². The number of amides is 1. The Balaban J connectivity index is 2.60. The van der Waals surface area contributed by atoms with Gasteiger partial charge >= 0.3 is 0 Å². The molecule has 2 N–H and O–H groups in total. The highest BCUT2D eigenvalue weighted by molar-refractivity contribution is 5.92. The lowest BCUT2D eigenvalue weighted by Gasteiger charge is -2.14. The zero-order valence-corrected chi connectivity index (χ0v) is 10.9. The summed E-state index contributed by atoms with van der Waals surface area (Å²) in [6.07, 6.45) is 0.285. The summed E-state index contributed by atoms with van der Waals surface area (Å²) in [5.41, 5.74) is 1.42. The van der Waals surface area contributed by atoms with Gasteiger partial charge in [-0.1, -0.05) is 20.8 Å². The second-order valence-corrected chi connectivity index (χ2v) is 4.52. The molecule has 1 aromatic heterocycles. The third-order valence-electron chi connectivity index (χ3n) is 2.77. The van der Waals surface area contributed by atoms with Crippen molar-refractivity contribution in [2.75, 3.05) is 6.54 Å². The number of nitrogens with one attached hydrogen (secondary N) is 1. The fourth-order valence-electron chi connectivity index (χ4n) is 1.44. The fourth-order valence-corrected chi connectivity index (χ4v) is 1.44. The zero-order chi connectivity index (χ0) is 13.0. The number of aromatic nitrogens is 2. The third kappa shape index (κ3) is 3.56. The Morgan fingerprint density at radius 3 is 2.71 bits per heavy atom. The molecule has 5 nitrogen and oxygen atoms in total. The normalized spacial score (nSPS) is 12.8. The number of carbonyl (C=O) groups excluding carboxylic acids is 1. The minimum atomic E-state index is -0.516. The molecule has 1 aromatic rings. The smallest absolute Gasteiger partial charge is 0.269 e. The summed E-state index contributed by atoms with van der Waals surface area (Å²) in [6.45, 7) is 6.09. The number of aryl methyl sites for hydroxylation is 2. The number of aliphatic hydroxyl groups is 1. The Bertz CT molecular complexity index is 385. The number of carbonyl (C=O) groups is 1. The van der Waals surface area contributed by atoms with Gasteiger partial charge in [0.1, 0.15) is 5.69 Å². The van der Waals surface area contributed by atoms with Crippen LogP contribution < -0.4 is 5.32 Å². The van der Waals surface area contributed by atoms with Crippen LogP contribution in [-0.4, -0.2) is 33.4 Å². The second-order valence-electron chi connectivity index (χ2n) is 4.52.